The molecule has 0 aromatic heterocycles. The number of esters is 1. The minimum atomic E-state index is -0.962. The summed E-state index contributed by atoms with van der Waals surface area (Å²) in [5.41, 5.74) is 3.62. The van der Waals surface area contributed by atoms with E-state index in [1.807, 2.05) is 32.0 Å². The number of nitrogens with one attached hydrogen (secondary N) is 2. The SMILES string of the molecule is COC(=O)[C@H](Cc1ccc(C)c(C)c1)NC(=O)[C@H](Cc1cccc(F)c1)NC(C)=O. The van der Waals surface area contributed by atoms with Gasteiger partial charge in [0.2, 0.25) is 11.8 Å². The highest BCUT2D eigenvalue weighted by molar-refractivity contribution is 5.90. The number of ether oxygens (including phenoxy) is 1. The van der Waals surface area contributed by atoms with Crippen LogP contribution in [0.1, 0.15) is 29.2 Å². The molecule has 2 amide bonds. The average molecular weight is 414 g/mol. The molecule has 0 bridgehead atoms. The molecule has 2 atom stereocenters. The van der Waals surface area contributed by atoms with Gasteiger partial charge in [0.15, 0.2) is 0 Å². The highest BCUT2D eigenvalue weighted by Gasteiger charge is 2.27. The number of hydrogen-bond donors (Lipinski definition) is 2. The van der Waals surface area contributed by atoms with Crippen LogP contribution in [0.5, 0.6) is 0 Å². The van der Waals surface area contributed by atoms with Crippen LogP contribution in [0.25, 0.3) is 0 Å². The van der Waals surface area contributed by atoms with Crippen LogP contribution in [0.15, 0.2) is 42.5 Å². The van der Waals surface area contributed by atoms with Crippen LogP contribution >= 0.6 is 0 Å². The maximum Gasteiger partial charge on any atom is 0.328 e. The first-order valence-electron chi connectivity index (χ1n) is 9.65. The predicted molar refractivity (Wildman–Crippen MR) is 111 cm³/mol. The van der Waals surface area contributed by atoms with E-state index in [1.165, 1.54) is 32.2 Å². The van der Waals surface area contributed by atoms with Crippen LogP contribution in [0.3, 0.4) is 0 Å². The van der Waals surface area contributed by atoms with E-state index in [0.29, 0.717) is 5.56 Å². The molecule has 2 rings (SSSR count). The lowest BCUT2D eigenvalue weighted by molar-refractivity contribution is -0.145. The molecule has 7 heteroatoms. The van der Waals surface area contributed by atoms with E-state index in [1.54, 1.807) is 6.07 Å². The monoisotopic (exact) mass is 414 g/mol. The summed E-state index contributed by atoms with van der Waals surface area (Å²) in [5.74, 6) is -1.98. The summed E-state index contributed by atoms with van der Waals surface area (Å²) < 4.78 is 18.3. The van der Waals surface area contributed by atoms with Crippen molar-refractivity contribution in [2.45, 2.75) is 45.7 Å². The van der Waals surface area contributed by atoms with Crippen molar-refractivity contribution < 1.29 is 23.5 Å². The fourth-order valence-corrected chi connectivity index (χ4v) is 3.13. The highest BCUT2D eigenvalue weighted by Crippen LogP contribution is 2.13. The largest absolute Gasteiger partial charge is 0.467 e. The van der Waals surface area contributed by atoms with E-state index in [-0.39, 0.29) is 12.8 Å². The fourth-order valence-electron chi connectivity index (χ4n) is 3.13. The average Bonchev–Trinajstić information content (AvgIpc) is 2.68. The van der Waals surface area contributed by atoms with E-state index in [4.69, 9.17) is 4.74 Å². The molecule has 0 heterocycles. The van der Waals surface area contributed by atoms with Crippen molar-refractivity contribution in [3.05, 3.63) is 70.5 Å². The lowest BCUT2D eigenvalue weighted by atomic mass is 10.00. The molecule has 0 aliphatic rings. The number of carbonyl (C=O) groups excluding carboxylic acids is 3. The van der Waals surface area contributed by atoms with Gasteiger partial charge in [-0.15, -0.1) is 0 Å². The van der Waals surface area contributed by atoms with Crippen LogP contribution in [-0.2, 0) is 32.0 Å². The molecule has 0 saturated heterocycles. The molecule has 0 unspecified atom stereocenters. The molecule has 0 saturated carbocycles. The molecule has 2 N–H and O–H groups in total. The van der Waals surface area contributed by atoms with Crippen LogP contribution < -0.4 is 10.6 Å². The Morgan fingerprint density at radius 2 is 1.60 bits per heavy atom. The molecular weight excluding hydrogens is 387 g/mol. The van der Waals surface area contributed by atoms with Gasteiger partial charge in [0.05, 0.1) is 7.11 Å². The number of aryl methyl sites for hydroxylation is 2. The topological polar surface area (TPSA) is 84.5 Å². The maximum atomic E-state index is 13.5. The van der Waals surface area contributed by atoms with E-state index < -0.39 is 35.7 Å². The van der Waals surface area contributed by atoms with E-state index in [0.717, 1.165) is 16.7 Å². The molecule has 30 heavy (non-hydrogen) atoms. The zero-order valence-corrected chi connectivity index (χ0v) is 17.6. The van der Waals surface area contributed by atoms with E-state index >= 15 is 0 Å². The van der Waals surface area contributed by atoms with E-state index in [2.05, 4.69) is 10.6 Å². The maximum absolute atomic E-state index is 13.5. The Bertz CT molecular complexity index is 929. The third-order valence-electron chi connectivity index (χ3n) is 4.84. The summed E-state index contributed by atoms with van der Waals surface area (Å²) >= 11 is 0. The van der Waals surface area contributed by atoms with Gasteiger partial charge in [0.1, 0.15) is 17.9 Å². The quantitative estimate of drug-likeness (QED) is 0.650. The summed E-state index contributed by atoms with van der Waals surface area (Å²) in [7, 11) is 1.25. The minimum Gasteiger partial charge on any atom is -0.467 e. The lowest BCUT2D eigenvalue weighted by Crippen LogP contribution is -2.53. The van der Waals surface area contributed by atoms with E-state index in [9.17, 15) is 18.8 Å². The first kappa shape index (κ1) is 23.1. The number of rotatable bonds is 8. The molecule has 160 valence electrons. The van der Waals surface area contributed by atoms with Crippen molar-refractivity contribution in [2.75, 3.05) is 7.11 Å². The molecular formula is C23H27FN2O4. The zero-order valence-electron chi connectivity index (χ0n) is 17.6. The molecule has 0 radical (unpaired) electrons. The molecule has 6 nitrogen and oxygen atoms in total. The fraction of sp³-hybridized carbons (Fsp3) is 0.348. The highest BCUT2D eigenvalue weighted by atomic mass is 19.1. The first-order valence-corrected chi connectivity index (χ1v) is 9.65. The van der Waals surface area contributed by atoms with Crippen molar-refractivity contribution in [1.82, 2.24) is 10.6 Å². The van der Waals surface area contributed by atoms with Crippen molar-refractivity contribution in [2.24, 2.45) is 0 Å². The van der Waals surface area contributed by atoms with Crippen LogP contribution in [0.4, 0.5) is 4.39 Å². The Kier molecular flexibility index (Phi) is 8.09. The van der Waals surface area contributed by atoms with Gasteiger partial charge in [-0.05, 0) is 48.2 Å². The van der Waals surface area contributed by atoms with Gasteiger partial charge >= 0.3 is 5.97 Å². The van der Waals surface area contributed by atoms with Gasteiger partial charge in [-0.1, -0.05) is 30.3 Å². The summed E-state index contributed by atoms with van der Waals surface area (Å²) in [4.78, 5) is 36.8. The molecule has 0 aliphatic carbocycles. The van der Waals surface area contributed by atoms with Crippen LogP contribution in [0, 0.1) is 19.7 Å². The van der Waals surface area contributed by atoms with Crippen molar-refractivity contribution in [1.29, 1.82) is 0 Å². The molecule has 0 fully saturated rings. The number of hydrogen-bond acceptors (Lipinski definition) is 4. The predicted octanol–water partition coefficient (Wildman–Crippen LogP) is 2.39. The number of carbonyl (C=O) groups is 3. The van der Waals surface area contributed by atoms with Gasteiger partial charge in [0, 0.05) is 19.8 Å². The Morgan fingerprint density at radius 1 is 0.933 bits per heavy atom. The minimum absolute atomic E-state index is 0.0840. The first-order chi connectivity index (χ1) is 14.2. The zero-order chi connectivity index (χ0) is 22.3. The summed E-state index contributed by atoms with van der Waals surface area (Å²) in [6, 6.07) is 9.71. The molecule has 2 aromatic rings. The number of benzene rings is 2. The second-order valence-electron chi connectivity index (χ2n) is 7.29. The van der Waals surface area contributed by atoms with Gasteiger partial charge < -0.3 is 15.4 Å². The Hall–Kier alpha value is -3.22. The Labute approximate surface area is 175 Å². The molecule has 2 aromatic carbocycles. The standard InChI is InChI=1S/C23H27FN2O4/c1-14-8-9-18(10-15(14)2)13-21(23(29)30-4)26-22(28)20(25-16(3)27)12-17-6-5-7-19(24)11-17/h5-11,20-21H,12-13H2,1-4H3,(H,25,27)(H,26,28)/t20-,21-/m0/s1. The Morgan fingerprint density at radius 3 is 2.20 bits per heavy atom. The summed E-state index contributed by atoms with van der Waals surface area (Å²) in [6.45, 7) is 5.25. The van der Waals surface area contributed by atoms with Crippen LogP contribution in [-0.4, -0.2) is 37.0 Å². The van der Waals surface area contributed by atoms with Crippen LogP contribution in [0.2, 0.25) is 0 Å². The van der Waals surface area contributed by atoms with Gasteiger partial charge in [0.25, 0.3) is 0 Å². The lowest BCUT2D eigenvalue weighted by Gasteiger charge is -2.22. The number of methoxy groups -OCH3 is 1. The second-order valence-corrected chi connectivity index (χ2v) is 7.29. The Balaban J connectivity index is 2.19. The van der Waals surface area contributed by atoms with Gasteiger partial charge in [-0.2, -0.15) is 0 Å². The second kappa shape index (κ2) is 10.5. The third kappa shape index (κ3) is 6.69. The van der Waals surface area contributed by atoms with Crippen molar-refractivity contribution >= 4 is 17.8 Å². The van der Waals surface area contributed by atoms with Crippen molar-refractivity contribution in [3.8, 4) is 0 Å². The van der Waals surface area contributed by atoms with Crippen molar-refractivity contribution in [3.63, 3.8) is 0 Å². The third-order valence-corrected chi connectivity index (χ3v) is 4.84. The van der Waals surface area contributed by atoms with Gasteiger partial charge in [-0.3, -0.25) is 9.59 Å². The number of amides is 2. The molecule has 0 aliphatic heterocycles. The normalized spacial score (nSPS) is 12.6. The summed E-state index contributed by atoms with van der Waals surface area (Å²) in [6.07, 6.45) is 0.326. The smallest absolute Gasteiger partial charge is 0.328 e. The number of halogens is 1. The summed E-state index contributed by atoms with van der Waals surface area (Å²) in [5, 5.41) is 5.23. The molecule has 0 spiro atoms. The van der Waals surface area contributed by atoms with Gasteiger partial charge in [-0.25, -0.2) is 9.18 Å².